The van der Waals surface area contributed by atoms with Gasteiger partial charge in [-0.25, -0.2) is 0 Å². The fourth-order valence-electron chi connectivity index (χ4n) is 3.57. The molecule has 2 unspecified atom stereocenters. The summed E-state index contributed by atoms with van der Waals surface area (Å²) in [4.78, 5) is 2.69. The highest BCUT2D eigenvalue weighted by molar-refractivity contribution is 5.11. The number of hydrogen-bond acceptors (Lipinski definition) is 3. The molecule has 3 heteroatoms. The maximum absolute atomic E-state index is 9.66. The van der Waals surface area contributed by atoms with Crippen LogP contribution in [-0.2, 0) is 0 Å². The van der Waals surface area contributed by atoms with E-state index >= 15 is 0 Å². The smallest absolute Gasteiger partial charge is 0.108 e. The Kier molecular flexibility index (Phi) is 5.86. The highest BCUT2D eigenvalue weighted by Crippen LogP contribution is 2.35. The third kappa shape index (κ3) is 4.20. The monoisotopic (exact) mass is 277 g/mol. The molecular formula is C17H31N3. The van der Waals surface area contributed by atoms with Crippen LogP contribution in [0.4, 0.5) is 0 Å². The first-order chi connectivity index (χ1) is 9.73. The quantitative estimate of drug-likeness (QED) is 0.740. The lowest BCUT2D eigenvalue weighted by atomic mass is 9.79. The van der Waals surface area contributed by atoms with Gasteiger partial charge in [-0.15, -0.1) is 0 Å². The molecule has 0 aliphatic heterocycles. The first-order valence-electron chi connectivity index (χ1n) is 8.63. The van der Waals surface area contributed by atoms with Crippen LogP contribution in [0.25, 0.3) is 0 Å². The second kappa shape index (κ2) is 7.43. The van der Waals surface area contributed by atoms with E-state index in [-0.39, 0.29) is 5.54 Å². The lowest BCUT2D eigenvalue weighted by molar-refractivity contribution is 0.115. The Hall–Kier alpha value is -0.590. The average molecular weight is 277 g/mol. The SMILES string of the molecule is CCCNC1(C#N)CCCC(N(CCC)CC2CC2)C1. The number of nitriles is 1. The summed E-state index contributed by atoms with van der Waals surface area (Å²) in [6, 6.07) is 3.23. The van der Waals surface area contributed by atoms with Gasteiger partial charge in [-0.05, 0) is 70.4 Å². The molecule has 114 valence electrons. The molecule has 1 N–H and O–H groups in total. The molecule has 0 bridgehead atoms. The highest BCUT2D eigenvalue weighted by Gasteiger charge is 2.39. The first-order valence-corrected chi connectivity index (χ1v) is 8.63. The van der Waals surface area contributed by atoms with Crippen molar-refractivity contribution >= 4 is 0 Å². The Balaban J connectivity index is 1.96. The van der Waals surface area contributed by atoms with E-state index < -0.39 is 0 Å². The standard InChI is InChI=1S/C17H31N3/c1-3-10-19-17(14-18)9-5-6-16(12-17)20(11-4-2)13-15-7-8-15/h15-16,19H,3-13H2,1-2H3. The van der Waals surface area contributed by atoms with Crippen molar-refractivity contribution in [1.82, 2.24) is 10.2 Å². The first kappa shape index (κ1) is 15.8. The number of nitrogens with zero attached hydrogens (tertiary/aromatic N) is 2. The molecule has 20 heavy (non-hydrogen) atoms. The molecule has 0 aromatic carbocycles. The van der Waals surface area contributed by atoms with E-state index in [2.05, 4.69) is 30.1 Å². The Morgan fingerprint density at radius 2 is 2.05 bits per heavy atom. The lowest BCUT2D eigenvalue weighted by Gasteiger charge is -2.42. The minimum Gasteiger partial charge on any atom is -0.300 e. The van der Waals surface area contributed by atoms with E-state index in [1.165, 1.54) is 45.2 Å². The molecule has 0 aromatic heterocycles. The van der Waals surface area contributed by atoms with Gasteiger partial charge in [0.25, 0.3) is 0 Å². The van der Waals surface area contributed by atoms with E-state index in [1.807, 2.05) is 0 Å². The second-order valence-electron chi connectivity index (χ2n) is 6.81. The average Bonchev–Trinajstić information content (AvgIpc) is 3.29. The van der Waals surface area contributed by atoms with Crippen molar-refractivity contribution in [2.45, 2.75) is 76.8 Å². The molecule has 0 spiro atoms. The lowest BCUT2D eigenvalue weighted by Crippen LogP contribution is -2.53. The van der Waals surface area contributed by atoms with Crippen molar-refractivity contribution in [2.75, 3.05) is 19.6 Å². The Morgan fingerprint density at radius 3 is 2.65 bits per heavy atom. The van der Waals surface area contributed by atoms with Gasteiger partial charge in [0.1, 0.15) is 5.54 Å². The van der Waals surface area contributed by atoms with E-state index in [0.717, 1.165) is 31.7 Å². The second-order valence-corrected chi connectivity index (χ2v) is 6.81. The van der Waals surface area contributed by atoms with Gasteiger partial charge in [0.15, 0.2) is 0 Å². The summed E-state index contributed by atoms with van der Waals surface area (Å²) in [5.74, 6) is 0.948. The van der Waals surface area contributed by atoms with Crippen molar-refractivity contribution < 1.29 is 0 Å². The van der Waals surface area contributed by atoms with Crippen LogP contribution in [0.1, 0.15) is 65.2 Å². The van der Waals surface area contributed by atoms with Crippen LogP contribution in [-0.4, -0.2) is 36.1 Å². The normalized spacial score (nSPS) is 30.4. The predicted octanol–water partition coefficient (Wildman–Crippen LogP) is 3.31. The summed E-state index contributed by atoms with van der Waals surface area (Å²) in [5, 5.41) is 13.2. The summed E-state index contributed by atoms with van der Waals surface area (Å²) in [5.41, 5.74) is -0.255. The maximum atomic E-state index is 9.66. The zero-order valence-corrected chi connectivity index (χ0v) is 13.3. The third-order valence-corrected chi connectivity index (χ3v) is 4.87. The Morgan fingerprint density at radius 1 is 1.25 bits per heavy atom. The van der Waals surface area contributed by atoms with E-state index in [9.17, 15) is 5.26 Å². The van der Waals surface area contributed by atoms with Crippen molar-refractivity contribution in [1.29, 1.82) is 5.26 Å². The predicted molar refractivity (Wildman–Crippen MR) is 83.5 cm³/mol. The largest absolute Gasteiger partial charge is 0.300 e. The molecule has 0 amide bonds. The Bertz CT molecular complexity index is 332. The summed E-state index contributed by atoms with van der Waals surface area (Å²) in [7, 11) is 0. The van der Waals surface area contributed by atoms with Crippen molar-refractivity contribution in [2.24, 2.45) is 5.92 Å². The van der Waals surface area contributed by atoms with Crippen LogP contribution in [0.3, 0.4) is 0 Å². The van der Waals surface area contributed by atoms with Gasteiger partial charge in [-0.1, -0.05) is 13.8 Å². The maximum Gasteiger partial charge on any atom is 0.108 e. The van der Waals surface area contributed by atoms with E-state index in [0.29, 0.717) is 6.04 Å². The summed E-state index contributed by atoms with van der Waals surface area (Å²) in [6.07, 6.45) is 9.71. The molecule has 2 aliphatic rings. The van der Waals surface area contributed by atoms with Gasteiger partial charge in [-0.3, -0.25) is 5.32 Å². The van der Waals surface area contributed by atoms with E-state index in [1.54, 1.807) is 0 Å². The minimum atomic E-state index is -0.255. The van der Waals surface area contributed by atoms with Crippen LogP contribution in [0, 0.1) is 17.2 Å². The van der Waals surface area contributed by atoms with Gasteiger partial charge in [0.05, 0.1) is 6.07 Å². The number of nitrogens with one attached hydrogen (secondary N) is 1. The van der Waals surface area contributed by atoms with Crippen LogP contribution >= 0.6 is 0 Å². The number of hydrogen-bond donors (Lipinski definition) is 1. The van der Waals surface area contributed by atoms with Crippen LogP contribution in [0.2, 0.25) is 0 Å². The van der Waals surface area contributed by atoms with Crippen LogP contribution in [0.15, 0.2) is 0 Å². The van der Waals surface area contributed by atoms with Gasteiger partial charge in [-0.2, -0.15) is 5.26 Å². The van der Waals surface area contributed by atoms with Crippen molar-refractivity contribution in [3.8, 4) is 6.07 Å². The molecule has 2 rings (SSSR count). The third-order valence-electron chi connectivity index (χ3n) is 4.87. The number of rotatable bonds is 8. The fraction of sp³-hybridized carbons (Fsp3) is 0.941. The van der Waals surface area contributed by atoms with Gasteiger partial charge < -0.3 is 4.90 Å². The summed E-state index contributed by atoms with van der Waals surface area (Å²) in [6.45, 7) is 7.89. The van der Waals surface area contributed by atoms with Gasteiger partial charge in [0, 0.05) is 12.6 Å². The van der Waals surface area contributed by atoms with Crippen molar-refractivity contribution in [3.05, 3.63) is 0 Å². The molecule has 2 fully saturated rings. The molecule has 2 saturated carbocycles. The highest BCUT2D eigenvalue weighted by atomic mass is 15.2. The molecular weight excluding hydrogens is 246 g/mol. The van der Waals surface area contributed by atoms with Crippen LogP contribution in [0.5, 0.6) is 0 Å². The minimum absolute atomic E-state index is 0.255. The molecule has 0 radical (unpaired) electrons. The van der Waals surface area contributed by atoms with Gasteiger partial charge in [0.2, 0.25) is 0 Å². The summed E-state index contributed by atoms with van der Waals surface area (Å²) < 4.78 is 0. The van der Waals surface area contributed by atoms with Crippen LogP contribution < -0.4 is 5.32 Å². The molecule has 0 heterocycles. The molecule has 2 atom stereocenters. The molecule has 0 saturated heterocycles. The summed E-state index contributed by atoms with van der Waals surface area (Å²) >= 11 is 0. The van der Waals surface area contributed by atoms with E-state index in [4.69, 9.17) is 0 Å². The molecule has 0 aromatic rings. The van der Waals surface area contributed by atoms with Crippen molar-refractivity contribution in [3.63, 3.8) is 0 Å². The zero-order chi connectivity index (χ0) is 14.4. The fourth-order valence-corrected chi connectivity index (χ4v) is 3.57. The Labute approximate surface area is 124 Å². The van der Waals surface area contributed by atoms with Gasteiger partial charge >= 0.3 is 0 Å². The molecule has 2 aliphatic carbocycles. The topological polar surface area (TPSA) is 39.1 Å². The molecule has 3 nitrogen and oxygen atoms in total. The zero-order valence-electron chi connectivity index (χ0n) is 13.3.